The van der Waals surface area contributed by atoms with Crippen LogP contribution >= 0.6 is 11.3 Å². The molecule has 1 aromatic heterocycles. The van der Waals surface area contributed by atoms with Crippen LogP contribution in [0.15, 0.2) is 59.4 Å². The van der Waals surface area contributed by atoms with Gasteiger partial charge in [-0.2, -0.15) is 0 Å². The SMILES string of the molecule is CCCN(C(=O)c1cccc(OCc2cscn2)c1)C1CCc2ccccc2C1. The van der Waals surface area contributed by atoms with E-state index in [0.717, 1.165) is 37.9 Å². The summed E-state index contributed by atoms with van der Waals surface area (Å²) in [6.07, 6.45) is 3.93. The summed E-state index contributed by atoms with van der Waals surface area (Å²) < 4.78 is 5.85. The average Bonchev–Trinajstić information content (AvgIpc) is 3.29. The fraction of sp³-hybridized carbons (Fsp3) is 0.333. The fourth-order valence-corrected chi connectivity index (χ4v) is 4.53. The third kappa shape index (κ3) is 4.67. The molecule has 1 aliphatic carbocycles. The van der Waals surface area contributed by atoms with Crippen LogP contribution in [-0.2, 0) is 19.4 Å². The molecular formula is C24H26N2O2S. The normalized spacial score (nSPS) is 15.6. The molecule has 0 fully saturated rings. The minimum atomic E-state index is 0.0929. The molecule has 1 atom stereocenters. The third-order valence-electron chi connectivity index (χ3n) is 5.44. The van der Waals surface area contributed by atoms with Crippen LogP contribution in [0.3, 0.4) is 0 Å². The molecule has 0 spiro atoms. The van der Waals surface area contributed by atoms with Crippen molar-refractivity contribution in [3.05, 3.63) is 81.8 Å². The zero-order valence-electron chi connectivity index (χ0n) is 16.7. The summed E-state index contributed by atoms with van der Waals surface area (Å²) >= 11 is 1.55. The van der Waals surface area contributed by atoms with E-state index >= 15 is 0 Å². The van der Waals surface area contributed by atoms with Crippen molar-refractivity contribution in [2.75, 3.05) is 6.54 Å². The monoisotopic (exact) mass is 406 g/mol. The van der Waals surface area contributed by atoms with Gasteiger partial charge in [0.05, 0.1) is 11.2 Å². The second-order valence-electron chi connectivity index (χ2n) is 7.46. The van der Waals surface area contributed by atoms with Crippen molar-refractivity contribution in [1.82, 2.24) is 9.88 Å². The van der Waals surface area contributed by atoms with Crippen molar-refractivity contribution >= 4 is 17.2 Å². The molecule has 0 aliphatic heterocycles. The van der Waals surface area contributed by atoms with Gasteiger partial charge in [0, 0.05) is 23.5 Å². The Morgan fingerprint density at radius 2 is 2.07 bits per heavy atom. The summed E-state index contributed by atoms with van der Waals surface area (Å²) in [5, 5.41) is 1.97. The molecule has 4 rings (SSSR count). The van der Waals surface area contributed by atoms with Gasteiger partial charge in [-0.15, -0.1) is 11.3 Å². The molecule has 5 heteroatoms. The van der Waals surface area contributed by atoms with E-state index in [2.05, 4.69) is 41.1 Å². The number of amides is 1. The van der Waals surface area contributed by atoms with Crippen molar-refractivity contribution in [2.45, 2.75) is 45.3 Å². The molecule has 0 radical (unpaired) electrons. The van der Waals surface area contributed by atoms with Crippen LogP contribution in [0, 0.1) is 0 Å². The van der Waals surface area contributed by atoms with Gasteiger partial charge in [0.2, 0.25) is 0 Å². The summed E-state index contributed by atoms with van der Waals surface area (Å²) in [7, 11) is 0. The lowest BCUT2D eigenvalue weighted by Crippen LogP contribution is -2.43. The standard InChI is InChI=1S/C24H26N2O2S/c1-2-12-26(22-11-10-18-6-3-4-7-19(18)13-22)24(27)20-8-5-9-23(14-20)28-15-21-16-29-17-25-21/h3-9,14,16-17,22H,2,10-13,15H2,1H3. The molecule has 1 aliphatic rings. The van der Waals surface area contributed by atoms with Crippen molar-refractivity contribution in [3.63, 3.8) is 0 Å². The Morgan fingerprint density at radius 1 is 1.21 bits per heavy atom. The molecule has 150 valence electrons. The number of rotatable bonds is 7. The van der Waals surface area contributed by atoms with E-state index in [-0.39, 0.29) is 11.9 Å². The summed E-state index contributed by atoms with van der Waals surface area (Å²) in [6, 6.07) is 16.4. The molecule has 4 nitrogen and oxygen atoms in total. The van der Waals surface area contributed by atoms with Crippen LogP contribution in [0.5, 0.6) is 5.75 Å². The first kappa shape index (κ1) is 19.6. The summed E-state index contributed by atoms with van der Waals surface area (Å²) in [5.41, 5.74) is 6.18. The van der Waals surface area contributed by atoms with E-state index in [0.29, 0.717) is 17.9 Å². The lowest BCUT2D eigenvalue weighted by atomic mass is 9.87. The molecule has 2 aromatic carbocycles. The van der Waals surface area contributed by atoms with Crippen LogP contribution in [0.2, 0.25) is 0 Å². The summed E-state index contributed by atoms with van der Waals surface area (Å²) in [4.78, 5) is 19.7. The van der Waals surface area contributed by atoms with Gasteiger partial charge in [0.1, 0.15) is 12.4 Å². The second kappa shape index (κ2) is 9.23. The van der Waals surface area contributed by atoms with E-state index in [1.54, 1.807) is 16.8 Å². The fourth-order valence-electron chi connectivity index (χ4n) is 3.99. The lowest BCUT2D eigenvalue weighted by Gasteiger charge is -2.35. The maximum absolute atomic E-state index is 13.4. The Labute approximate surface area is 176 Å². The van der Waals surface area contributed by atoms with E-state index in [4.69, 9.17) is 4.74 Å². The van der Waals surface area contributed by atoms with Gasteiger partial charge < -0.3 is 9.64 Å². The highest BCUT2D eigenvalue weighted by Crippen LogP contribution is 2.26. The molecule has 0 saturated heterocycles. The molecule has 1 amide bonds. The Bertz CT molecular complexity index is 955. The van der Waals surface area contributed by atoms with Crippen LogP contribution in [0.1, 0.15) is 46.9 Å². The Morgan fingerprint density at radius 3 is 2.86 bits per heavy atom. The number of ether oxygens (including phenoxy) is 1. The molecule has 0 bridgehead atoms. The van der Waals surface area contributed by atoms with E-state index in [1.807, 2.05) is 29.6 Å². The number of carbonyl (C=O) groups excluding carboxylic acids is 1. The van der Waals surface area contributed by atoms with Gasteiger partial charge in [-0.3, -0.25) is 4.79 Å². The van der Waals surface area contributed by atoms with Crippen LogP contribution in [0.25, 0.3) is 0 Å². The molecule has 1 unspecified atom stereocenters. The molecule has 1 heterocycles. The van der Waals surface area contributed by atoms with Crippen LogP contribution in [-0.4, -0.2) is 28.4 Å². The highest BCUT2D eigenvalue weighted by molar-refractivity contribution is 7.07. The highest BCUT2D eigenvalue weighted by Gasteiger charge is 2.28. The van der Waals surface area contributed by atoms with E-state index in [1.165, 1.54) is 11.1 Å². The van der Waals surface area contributed by atoms with Crippen LogP contribution < -0.4 is 4.74 Å². The quantitative estimate of drug-likeness (QED) is 0.546. The number of hydrogen-bond donors (Lipinski definition) is 0. The number of aryl methyl sites for hydroxylation is 1. The van der Waals surface area contributed by atoms with Gasteiger partial charge in [-0.1, -0.05) is 37.3 Å². The third-order valence-corrected chi connectivity index (χ3v) is 6.07. The number of carbonyl (C=O) groups is 1. The maximum atomic E-state index is 13.4. The zero-order chi connectivity index (χ0) is 20.1. The first-order valence-corrected chi connectivity index (χ1v) is 11.2. The molecule has 0 saturated carbocycles. The Kier molecular flexibility index (Phi) is 6.25. The molecule has 3 aromatic rings. The smallest absolute Gasteiger partial charge is 0.254 e. The van der Waals surface area contributed by atoms with Crippen molar-refractivity contribution in [2.24, 2.45) is 0 Å². The van der Waals surface area contributed by atoms with Crippen molar-refractivity contribution in [3.8, 4) is 5.75 Å². The van der Waals surface area contributed by atoms with Crippen molar-refractivity contribution in [1.29, 1.82) is 0 Å². The minimum Gasteiger partial charge on any atom is -0.487 e. The first-order valence-electron chi connectivity index (χ1n) is 10.2. The number of thiazole rings is 1. The van der Waals surface area contributed by atoms with Gasteiger partial charge >= 0.3 is 0 Å². The van der Waals surface area contributed by atoms with Gasteiger partial charge in [-0.05, 0) is 55.0 Å². The number of fused-ring (bicyclic) bond motifs is 1. The summed E-state index contributed by atoms with van der Waals surface area (Å²) in [5.74, 6) is 0.796. The maximum Gasteiger partial charge on any atom is 0.254 e. The largest absolute Gasteiger partial charge is 0.487 e. The first-order chi connectivity index (χ1) is 14.2. The molecule has 29 heavy (non-hydrogen) atoms. The second-order valence-corrected chi connectivity index (χ2v) is 8.18. The Balaban J connectivity index is 1.49. The van der Waals surface area contributed by atoms with Gasteiger partial charge in [-0.25, -0.2) is 4.98 Å². The Hall–Kier alpha value is -2.66. The predicted molar refractivity (Wildman–Crippen MR) is 116 cm³/mol. The van der Waals surface area contributed by atoms with E-state index in [9.17, 15) is 4.79 Å². The van der Waals surface area contributed by atoms with Crippen LogP contribution in [0.4, 0.5) is 0 Å². The summed E-state index contributed by atoms with van der Waals surface area (Å²) in [6.45, 7) is 3.32. The average molecular weight is 407 g/mol. The number of nitrogens with zero attached hydrogens (tertiary/aromatic N) is 2. The van der Waals surface area contributed by atoms with Crippen molar-refractivity contribution < 1.29 is 9.53 Å². The van der Waals surface area contributed by atoms with Gasteiger partial charge in [0.25, 0.3) is 5.91 Å². The topological polar surface area (TPSA) is 42.4 Å². The predicted octanol–water partition coefficient (Wildman–Crippen LogP) is 5.13. The van der Waals surface area contributed by atoms with Gasteiger partial charge in [0.15, 0.2) is 0 Å². The number of hydrogen-bond acceptors (Lipinski definition) is 4. The highest BCUT2D eigenvalue weighted by atomic mass is 32.1. The van der Waals surface area contributed by atoms with E-state index < -0.39 is 0 Å². The lowest BCUT2D eigenvalue weighted by molar-refractivity contribution is 0.0661. The zero-order valence-corrected chi connectivity index (χ0v) is 17.5. The number of aromatic nitrogens is 1. The minimum absolute atomic E-state index is 0.0929. The number of benzene rings is 2. The molecule has 0 N–H and O–H groups in total. The molecular weight excluding hydrogens is 380 g/mol.